The summed E-state index contributed by atoms with van der Waals surface area (Å²) in [6.07, 6.45) is 11.6. The van der Waals surface area contributed by atoms with Gasteiger partial charge >= 0.3 is 0 Å². The fourth-order valence-corrected chi connectivity index (χ4v) is 1.39. The van der Waals surface area contributed by atoms with Gasteiger partial charge in [0.05, 0.1) is 0 Å². The van der Waals surface area contributed by atoms with Crippen LogP contribution in [0.4, 0.5) is 0 Å². The Morgan fingerprint density at radius 3 is 2.38 bits per heavy atom. The molecule has 1 atom stereocenters. The largest absolute Gasteiger partial charge is 0.314 e. The molecule has 0 bridgehead atoms. The lowest BCUT2D eigenvalue weighted by Crippen LogP contribution is -2.21. The van der Waals surface area contributed by atoms with E-state index < -0.39 is 0 Å². The molecule has 0 rings (SSSR count). The maximum absolute atomic E-state index is 3.78. The molecule has 0 aromatic carbocycles. The standard InChI is InChI=1S/C12H23N/c1-4-6-7-8-9-10-11-12(5-2)13-3/h4-5,12-13H,1-2,6-11H2,3H3. The van der Waals surface area contributed by atoms with Gasteiger partial charge in [-0.15, -0.1) is 13.2 Å². The molecular formula is C12H23N. The Labute approximate surface area is 82.9 Å². The van der Waals surface area contributed by atoms with E-state index in [0.717, 1.165) is 6.42 Å². The Balaban J connectivity index is 3.14. The van der Waals surface area contributed by atoms with Crippen LogP contribution in [0.1, 0.15) is 38.5 Å². The Morgan fingerprint density at radius 2 is 1.85 bits per heavy atom. The van der Waals surface area contributed by atoms with Gasteiger partial charge in [-0.1, -0.05) is 31.4 Å². The second-order valence-corrected chi connectivity index (χ2v) is 3.41. The molecule has 1 heteroatoms. The first kappa shape index (κ1) is 12.4. The van der Waals surface area contributed by atoms with E-state index in [1.807, 2.05) is 19.2 Å². The van der Waals surface area contributed by atoms with E-state index in [4.69, 9.17) is 0 Å². The molecule has 0 heterocycles. The minimum Gasteiger partial charge on any atom is -0.314 e. The van der Waals surface area contributed by atoms with Crippen LogP contribution in [0.25, 0.3) is 0 Å². The predicted octanol–water partition coefficient (Wildman–Crippen LogP) is 3.29. The maximum atomic E-state index is 3.78. The zero-order chi connectivity index (χ0) is 9.94. The summed E-state index contributed by atoms with van der Waals surface area (Å²) in [6, 6.07) is 0.499. The molecule has 1 N–H and O–H groups in total. The van der Waals surface area contributed by atoms with Crippen molar-refractivity contribution in [3.63, 3.8) is 0 Å². The van der Waals surface area contributed by atoms with Crippen molar-refractivity contribution in [1.82, 2.24) is 5.32 Å². The van der Waals surface area contributed by atoms with Crippen molar-refractivity contribution in [1.29, 1.82) is 0 Å². The van der Waals surface area contributed by atoms with Gasteiger partial charge in [0, 0.05) is 6.04 Å². The van der Waals surface area contributed by atoms with Crippen molar-refractivity contribution in [2.45, 2.75) is 44.6 Å². The number of hydrogen-bond donors (Lipinski definition) is 1. The van der Waals surface area contributed by atoms with Crippen molar-refractivity contribution >= 4 is 0 Å². The fourth-order valence-electron chi connectivity index (χ4n) is 1.39. The fraction of sp³-hybridized carbons (Fsp3) is 0.667. The van der Waals surface area contributed by atoms with Gasteiger partial charge in [0.1, 0.15) is 0 Å². The van der Waals surface area contributed by atoms with Crippen LogP contribution in [0.3, 0.4) is 0 Å². The average Bonchev–Trinajstić information content (AvgIpc) is 2.17. The van der Waals surface area contributed by atoms with Crippen LogP contribution in [0.2, 0.25) is 0 Å². The number of rotatable bonds is 9. The van der Waals surface area contributed by atoms with Crippen molar-refractivity contribution in [2.24, 2.45) is 0 Å². The highest BCUT2D eigenvalue weighted by molar-refractivity contribution is 4.83. The minimum absolute atomic E-state index is 0.499. The predicted molar refractivity (Wildman–Crippen MR) is 60.9 cm³/mol. The molecule has 76 valence electrons. The molecule has 0 aromatic heterocycles. The molecule has 1 nitrogen and oxygen atoms in total. The van der Waals surface area contributed by atoms with Crippen molar-refractivity contribution in [3.8, 4) is 0 Å². The first-order chi connectivity index (χ1) is 6.35. The van der Waals surface area contributed by atoms with E-state index in [-0.39, 0.29) is 0 Å². The molecule has 0 saturated carbocycles. The summed E-state index contributed by atoms with van der Waals surface area (Å²) in [5.41, 5.74) is 0. The third-order valence-corrected chi connectivity index (χ3v) is 2.33. The first-order valence-electron chi connectivity index (χ1n) is 5.26. The number of unbranched alkanes of at least 4 members (excludes halogenated alkanes) is 4. The van der Waals surface area contributed by atoms with E-state index in [1.54, 1.807) is 0 Å². The Morgan fingerprint density at radius 1 is 1.15 bits per heavy atom. The van der Waals surface area contributed by atoms with Gasteiger partial charge in [-0.2, -0.15) is 0 Å². The number of nitrogens with one attached hydrogen (secondary N) is 1. The van der Waals surface area contributed by atoms with Gasteiger partial charge in [0.25, 0.3) is 0 Å². The van der Waals surface area contributed by atoms with Crippen LogP contribution in [0.15, 0.2) is 25.3 Å². The molecule has 0 amide bonds. The highest BCUT2D eigenvalue weighted by Gasteiger charge is 1.98. The summed E-state index contributed by atoms with van der Waals surface area (Å²) >= 11 is 0. The summed E-state index contributed by atoms with van der Waals surface area (Å²) in [5.74, 6) is 0. The van der Waals surface area contributed by atoms with Crippen LogP contribution in [-0.2, 0) is 0 Å². The highest BCUT2D eigenvalue weighted by atomic mass is 14.8. The smallest absolute Gasteiger partial charge is 0.0244 e. The summed E-state index contributed by atoms with van der Waals surface area (Å²) in [7, 11) is 1.99. The maximum Gasteiger partial charge on any atom is 0.0244 e. The Bertz CT molecular complexity index is 129. The van der Waals surface area contributed by atoms with E-state index in [2.05, 4.69) is 18.5 Å². The molecule has 1 unspecified atom stereocenters. The second-order valence-electron chi connectivity index (χ2n) is 3.41. The van der Waals surface area contributed by atoms with Crippen molar-refractivity contribution in [2.75, 3.05) is 7.05 Å². The third kappa shape index (κ3) is 7.79. The van der Waals surface area contributed by atoms with Gasteiger partial charge in [0.15, 0.2) is 0 Å². The topological polar surface area (TPSA) is 12.0 Å². The lowest BCUT2D eigenvalue weighted by atomic mass is 10.1. The Hall–Kier alpha value is -0.560. The van der Waals surface area contributed by atoms with Gasteiger partial charge in [-0.05, 0) is 26.3 Å². The second kappa shape index (κ2) is 9.53. The summed E-state index contributed by atoms with van der Waals surface area (Å²) in [5, 5.41) is 3.22. The van der Waals surface area contributed by atoms with Crippen LogP contribution in [0, 0.1) is 0 Å². The number of likely N-dealkylation sites (N-methyl/N-ethyl adjacent to an activating group) is 1. The van der Waals surface area contributed by atoms with Crippen LogP contribution >= 0.6 is 0 Å². The van der Waals surface area contributed by atoms with Gasteiger partial charge in [-0.25, -0.2) is 0 Å². The lowest BCUT2D eigenvalue weighted by Gasteiger charge is -2.09. The third-order valence-electron chi connectivity index (χ3n) is 2.33. The van der Waals surface area contributed by atoms with Crippen molar-refractivity contribution in [3.05, 3.63) is 25.3 Å². The van der Waals surface area contributed by atoms with Gasteiger partial charge in [-0.3, -0.25) is 0 Å². The van der Waals surface area contributed by atoms with E-state index in [1.165, 1.54) is 32.1 Å². The molecule has 0 saturated heterocycles. The first-order valence-corrected chi connectivity index (χ1v) is 5.26. The SMILES string of the molecule is C=CCCCCCCC(C=C)NC. The quantitative estimate of drug-likeness (QED) is 0.425. The van der Waals surface area contributed by atoms with Crippen LogP contribution in [-0.4, -0.2) is 13.1 Å². The monoisotopic (exact) mass is 181 g/mol. The molecule has 0 fully saturated rings. The van der Waals surface area contributed by atoms with Gasteiger partial charge in [0.2, 0.25) is 0 Å². The molecule has 0 aliphatic heterocycles. The molecule has 13 heavy (non-hydrogen) atoms. The zero-order valence-electron chi connectivity index (χ0n) is 8.89. The molecular weight excluding hydrogens is 158 g/mol. The van der Waals surface area contributed by atoms with Crippen molar-refractivity contribution < 1.29 is 0 Å². The minimum atomic E-state index is 0.499. The molecule has 0 aliphatic carbocycles. The van der Waals surface area contributed by atoms with Gasteiger partial charge < -0.3 is 5.32 Å². The normalized spacial score (nSPS) is 12.4. The highest BCUT2D eigenvalue weighted by Crippen LogP contribution is 2.07. The molecule has 0 aliphatic rings. The zero-order valence-corrected chi connectivity index (χ0v) is 8.89. The number of allylic oxidation sites excluding steroid dienone is 1. The Kier molecular flexibility index (Phi) is 9.12. The molecule has 0 radical (unpaired) electrons. The lowest BCUT2D eigenvalue weighted by molar-refractivity contribution is 0.547. The molecule has 0 spiro atoms. The average molecular weight is 181 g/mol. The molecule has 0 aromatic rings. The summed E-state index contributed by atoms with van der Waals surface area (Å²) < 4.78 is 0. The van der Waals surface area contributed by atoms with E-state index in [0.29, 0.717) is 6.04 Å². The van der Waals surface area contributed by atoms with E-state index >= 15 is 0 Å². The summed E-state index contributed by atoms with van der Waals surface area (Å²) in [4.78, 5) is 0. The van der Waals surface area contributed by atoms with E-state index in [9.17, 15) is 0 Å². The number of hydrogen-bond acceptors (Lipinski definition) is 1. The summed E-state index contributed by atoms with van der Waals surface area (Å²) in [6.45, 7) is 7.49. The van der Waals surface area contributed by atoms with Crippen LogP contribution < -0.4 is 5.32 Å². The van der Waals surface area contributed by atoms with Crippen LogP contribution in [0.5, 0.6) is 0 Å².